The van der Waals surface area contributed by atoms with Gasteiger partial charge in [0.1, 0.15) is 5.82 Å². The van der Waals surface area contributed by atoms with Crippen LogP contribution in [0.4, 0.5) is 10.1 Å². The predicted octanol–water partition coefficient (Wildman–Crippen LogP) is 3.09. The van der Waals surface area contributed by atoms with Crippen molar-refractivity contribution in [3.8, 4) is 0 Å². The lowest BCUT2D eigenvalue weighted by molar-refractivity contribution is 0.271. The zero-order valence-electron chi connectivity index (χ0n) is 7.85. The third-order valence-electron chi connectivity index (χ3n) is 3.48. The summed E-state index contributed by atoms with van der Waals surface area (Å²) in [6, 6.07) is 5.09. The van der Waals surface area contributed by atoms with Gasteiger partial charge < -0.3 is 5.32 Å². The van der Waals surface area contributed by atoms with Gasteiger partial charge in [0.2, 0.25) is 0 Å². The number of hydrogen-bond donors (Lipinski definition) is 1. The smallest absolute Gasteiger partial charge is 0.123 e. The van der Waals surface area contributed by atoms with Gasteiger partial charge in [-0.25, -0.2) is 4.39 Å². The SMILES string of the molecule is Cl.Fc1ccc2c(c1)C1(CCC1)CN2. The fourth-order valence-corrected chi connectivity index (χ4v) is 2.52. The van der Waals surface area contributed by atoms with E-state index in [0.29, 0.717) is 0 Å². The van der Waals surface area contributed by atoms with Crippen molar-refractivity contribution in [3.05, 3.63) is 29.6 Å². The largest absolute Gasteiger partial charge is 0.384 e. The van der Waals surface area contributed by atoms with Crippen LogP contribution in [0, 0.1) is 5.82 Å². The van der Waals surface area contributed by atoms with Crippen molar-refractivity contribution in [2.75, 3.05) is 11.9 Å². The first-order valence-electron chi connectivity index (χ1n) is 4.84. The lowest BCUT2D eigenvalue weighted by Gasteiger charge is -2.38. The van der Waals surface area contributed by atoms with Crippen LogP contribution < -0.4 is 5.32 Å². The van der Waals surface area contributed by atoms with E-state index in [0.717, 1.165) is 12.2 Å². The summed E-state index contributed by atoms with van der Waals surface area (Å²) < 4.78 is 13.0. The normalized spacial score (nSPS) is 20.6. The Balaban J connectivity index is 0.000000750. The summed E-state index contributed by atoms with van der Waals surface area (Å²) in [4.78, 5) is 0. The van der Waals surface area contributed by atoms with Crippen LogP contribution in [0.3, 0.4) is 0 Å². The topological polar surface area (TPSA) is 12.0 Å². The van der Waals surface area contributed by atoms with Gasteiger partial charge in [0.25, 0.3) is 0 Å². The van der Waals surface area contributed by atoms with Crippen LogP contribution >= 0.6 is 12.4 Å². The Morgan fingerprint density at radius 2 is 2.07 bits per heavy atom. The molecule has 76 valence electrons. The highest BCUT2D eigenvalue weighted by Crippen LogP contribution is 2.50. The number of rotatable bonds is 0. The van der Waals surface area contributed by atoms with Gasteiger partial charge in [-0.2, -0.15) is 0 Å². The molecule has 1 aromatic carbocycles. The summed E-state index contributed by atoms with van der Waals surface area (Å²) in [6.07, 6.45) is 3.73. The van der Waals surface area contributed by atoms with Crippen molar-refractivity contribution in [3.63, 3.8) is 0 Å². The first kappa shape index (κ1) is 9.78. The summed E-state index contributed by atoms with van der Waals surface area (Å²) in [5.74, 6) is -0.103. The molecule has 2 aliphatic rings. The molecule has 3 rings (SSSR count). The second kappa shape index (κ2) is 3.13. The lowest BCUT2D eigenvalue weighted by atomic mass is 9.66. The van der Waals surface area contributed by atoms with Gasteiger partial charge in [0, 0.05) is 17.6 Å². The highest BCUT2D eigenvalue weighted by Gasteiger charge is 2.43. The summed E-state index contributed by atoms with van der Waals surface area (Å²) in [5.41, 5.74) is 2.64. The minimum atomic E-state index is -0.103. The molecule has 0 amide bonds. The van der Waals surface area contributed by atoms with E-state index < -0.39 is 0 Å². The Hall–Kier alpha value is -0.760. The summed E-state index contributed by atoms with van der Waals surface area (Å²) in [5, 5.41) is 3.35. The molecule has 0 radical (unpaired) electrons. The van der Waals surface area contributed by atoms with Gasteiger partial charge in [-0.3, -0.25) is 0 Å². The highest BCUT2D eigenvalue weighted by atomic mass is 35.5. The monoisotopic (exact) mass is 213 g/mol. The quantitative estimate of drug-likeness (QED) is 0.699. The van der Waals surface area contributed by atoms with E-state index in [9.17, 15) is 4.39 Å². The summed E-state index contributed by atoms with van der Waals surface area (Å²) in [7, 11) is 0. The molecule has 1 aliphatic heterocycles. The molecule has 1 saturated carbocycles. The van der Waals surface area contributed by atoms with E-state index in [1.165, 1.54) is 30.9 Å². The average molecular weight is 214 g/mol. The molecule has 0 aromatic heterocycles. The minimum absolute atomic E-state index is 0. The fraction of sp³-hybridized carbons (Fsp3) is 0.455. The summed E-state index contributed by atoms with van der Waals surface area (Å²) in [6.45, 7) is 1.01. The van der Waals surface area contributed by atoms with Gasteiger partial charge >= 0.3 is 0 Å². The molecule has 0 saturated heterocycles. The number of nitrogens with one attached hydrogen (secondary N) is 1. The predicted molar refractivity (Wildman–Crippen MR) is 57.7 cm³/mol. The van der Waals surface area contributed by atoms with E-state index in [-0.39, 0.29) is 23.6 Å². The van der Waals surface area contributed by atoms with E-state index >= 15 is 0 Å². The highest BCUT2D eigenvalue weighted by molar-refractivity contribution is 5.85. The molecule has 0 bridgehead atoms. The van der Waals surface area contributed by atoms with Gasteiger partial charge in [0.15, 0.2) is 0 Å². The molecule has 1 N–H and O–H groups in total. The first-order chi connectivity index (χ1) is 6.30. The Morgan fingerprint density at radius 3 is 2.71 bits per heavy atom. The van der Waals surface area contributed by atoms with E-state index in [1.54, 1.807) is 6.07 Å². The van der Waals surface area contributed by atoms with Crippen molar-refractivity contribution in [1.29, 1.82) is 0 Å². The average Bonchev–Trinajstić information content (AvgIpc) is 2.41. The van der Waals surface area contributed by atoms with Crippen LogP contribution in [0.15, 0.2) is 18.2 Å². The maximum absolute atomic E-state index is 13.0. The molecule has 1 fully saturated rings. The molecule has 1 nitrogen and oxygen atoms in total. The van der Waals surface area contributed by atoms with Crippen molar-refractivity contribution >= 4 is 18.1 Å². The molecular weight excluding hydrogens is 201 g/mol. The van der Waals surface area contributed by atoms with Gasteiger partial charge in [-0.15, -0.1) is 12.4 Å². The van der Waals surface area contributed by atoms with Crippen LogP contribution in [0.1, 0.15) is 24.8 Å². The molecule has 1 aliphatic carbocycles. The number of benzene rings is 1. The second-order valence-electron chi connectivity index (χ2n) is 4.18. The number of anilines is 1. The minimum Gasteiger partial charge on any atom is -0.384 e. The Morgan fingerprint density at radius 1 is 1.29 bits per heavy atom. The maximum atomic E-state index is 13.0. The number of hydrogen-bond acceptors (Lipinski definition) is 1. The standard InChI is InChI=1S/C11H12FN.ClH/c12-8-2-3-10-9(6-8)11(7-13-10)4-1-5-11;/h2-3,6,13H,1,4-5,7H2;1H. The van der Waals surface area contributed by atoms with Crippen LogP contribution in [-0.2, 0) is 5.41 Å². The van der Waals surface area contributed by atoms with Crippen molar-refractivity contribution in [1.82, 2.24) is 0 Å². The van der Waals surface area contributed by atoms with Crippen LogP contribution in [0.25, 0.3) is 0 Å². The molecule has 1 spiro atoms. The third kappa shape index (κ3) is 1.13. The molecule has 0 unspecified atom stereocenters. The van der Waals surface area contributed by atoms with Crippen LogP contribution in [-0.4, -0.2) is 6.54 Å². The van der Waals surface area contributed by atoms with Crippen LogP contribution in [0.2, 0.25) is 0 Å². The molecule has 3 heteroatoms. The summed E-state index contributed by atoms with van der Waals surface area (Å²) >= 11 is 0. The lowest BCUT2D eigenvalue weighted by Crippen LogP contribution is -2.35. The number of fused-ring (bicyclic) bond motifs is 2. The van der Waals surface area contributed by atoms with E-state index in [4.69, 9.17) is 0 Å². The zero-order valence-corrected chi connectivity index (χ0v) is 8.66. The third-order valence-corrected chi connectivity index (χ3v) is 3.48. The van der Waals surface area contributed by atoms with Gasteiger partial charge in [0.05, 0.1) is 0 Å². The first-order valence-corrected chi connectivity index (χ1v) is 4.84. The Labute approximate surface area is 89.1 Å². The molecular formula is C11H13ClFN. The van der Waals surface area contributed by atoms with Crippen LogP contribution in [0.5, 0.6) is 0 Å². The molecule has 14 heavy (non-hydrogen) atoms. The zero-order chi connectivity index (χ0) is 8.89. The van der Waals surface area contributed by atoms with Gasteiger partial charge in [-0.05, 0) is 36.6 Å². The second-order valence-corrected chi connectivity index (χ2v) is 4.18. The maximum Gasteiger partial charge on any atom is 0.123 e. The molecule has 0 atom stereocenters. The van der Waals surface area contributed by atoms with E-state index in [2.05, 4.69) is 5.32 Å². The number of halogens is 2. The Kier molecular flexibility index (Phi) is 2.18. The van der Waals surface area contributed by atoms with Gasteiger partial charge in [-0.1, -0.05) is 6.42 Å². The Bertz CT molecular complexity index is 360. The molecule has 1 heterocycles. The molecule has 1 aromatic rings. The van der Waals surface area contributed by atoms with Crippen molar-refractivity contribution in [2.24, 2.45) is 0 Å². The van der Waals surface area contributed by atoms with Crippen molar-refractivity contribution < 1.29 is 4.39 Å². The fourth-order valence-electron chi connectivity index (χ4n) is 2.52. The van der Waals surface area contributed by atoms with Crippen molar-refractivity contribution in [2.45, 2.75) is 24.7 Å². The van der Waals surface area contributed by atoms with E-state index in [1.807, 2.05) is 6.07 Å².